The van der Waals surface area contributed by atoms with Gasteiger partial charge in [0, 0.05) is 11.0 Å². The number of nitriles is 1. The second kappa shape index (κ2) is 5.94. The molecule has 1 fully saturated rings. The average molecular weight is 323 g/mol. The number of nitrogens with zero attached hydrogens (tertiary/aromatic N) is 2. The molecule has 2 rings (SSSR count). The Hall–Kier alpha value is -1.05. The maximum Gasteiger partial charge on any atom is 0.119 e. The van der Waals surface area contributed by atoms with Crippen molar-refractivity contribution >= 4 is 15.9 Å². The van der Waals surface area contributed by atoms with Crippen LogP contribution in [0.25, 0.3) is 0 Å². The van der Waals surface area contributed by atoms with Gasteiger partial charge < -0.3 is 4.74 Å². The molecule has 0 aromatic heterocycles. The van der Waals surface area contributed by atoms with Crippen LogP contribution in [0.4, 0.5) is 0 Å². The fourth-order valence-corrected chi connectivity index (χ4v) is 2.73. The van der Waals surface area contributed by atoms with Crippen LogP contribution < -0.4 is 4.74 Å². The lowest BCUT2D eigenvalue weighted by atomic mass is 9.82. The van der Waals surface area contributed by atoms with Gasteiger partial charge in [0.1, 0.15) is 5.75 Å². The first-order valence-corrected chi connectivity index (χ1v) is 7.32. The molecule has 0 amide bonds. The summed E-state index contributed by atoms with van der Waals surface area (Å²) in [4.78, 5) is 2.40. The number of benzene rings is 1. The fraction of sp³-hybridized carbons (Fsp3) is 0.533. The van der Waals surface area contributed by atoms with Crippen LogP contribution >= 0.6 is 15.9 Å². The third-order valence-corrected chi connectivity index (χ3v) is 4.65. The van der Waals surface area contributed by atoms with E-state index in [1.165, 1.54) is 5.56 Å². The maximum atomic E-state index is 9.15. The molecule has 0 radical (unpaired) electrons. The predicted molar refractivity (Wildman–Crippen MR) is 78.9 cm³/mol. The van der Waals surface area contributed by atoms with E-state index in [2.05, 4.69) is 39.9 Å². The van der Waals surface area contributed by atoms with Crippen LogP contribution in [0.3, 0.4) is 0 Å². The molecule has 3 nitrogen and oxygen atoms in total. The van der Waals surface area contributed by atoms with Gasteiger partial charge in [-0.15, -0.1) is 0 Å². The summed E-state index contributed by atoms with van der Waals surface area (Å²) in [5, 5.41) is 9.15. The minimum Gasteiger partial charge on any atom is -0.497 e. The highest BCUT2D eigenvalue weighted by molar-refractivity contribution is 9.10. The molecule has 102 valence electrons. The molecule has 0 N–H and O–H groups in total. The van der Waals surface area contributed by atoms with Crippen LogP contribution in [0.1, 0.15) is 25.3 Å². The van der Waals surface area contributed by atoms with Gasteiger partial charge in [-0.1, -0.05) is 15.9 Å². The van der Waals surface area contributed by atoms with Crippen molar-refractivity contribution in [1.82, 2.24) is 4.90 Å². The molecule has 0 bridgehead atoms. The molecule has 1 aliphatic rings. The monoisotopic (exact) mass is 322 g/mol. The first-order valence-electron chi connectivity index (χ1n) is 6.52. The molecule has 1 saturated heterocycles. The second-order valence-corrected chi connectivity index (χ2v) is 6.26. The normalized spacial score (nSPS) is 18.8. The van der Waals surface area contributed by atoms with Gasteiger partial charge in [0.05, 0.1) is 18.6 Å². The zero-order valence-corrected chi connectivity index (χ0v) is 13.0. The van der Waals surface area contributed by atoms with E-state index in [1.807, 2.05) is 12.1 Å². The van der Waals surface area contributed by atoms with Gasteiger partial charge in [0.25, 0.3) is 0 Å². The summed E-state index contributed by atoms with van der Waals surface area (Å²) in [5.41, 5.74) is 1.10. The Morgan fingerprint density at radius 1 is 1.42 bits per heavy atom. The number of piperidine rings is 1. The summed E-state index contributed by atoms with van der Waals surface area (Å²) in [6.45, 7) is 4.92. The maximum absolute atomic E-state index is 9.15. The molecule has 1 aromatic carbocycles. The highest BCUT2D eigenvalue weighted by Gasteiger charge is 2.29. The Kier molecular flexibility index (Phi) is 4.49. The average Bonchev–Trinajstić information content (AvgIpc) is 2.44. The van der Waals surface area contributed by atoms with Crippen molar-refractivity contribution in [3.8, 4) is 11.8 Å². The Labute approximate surface area is 123 Å². The zero-order chi connectivity index (χ0) is 13.9. The highest BCUT2D eigenvalue weighted by atomic mass is 79.9. The molecule has 19 heavy (non-hydrogen) atoms. The van der Waals surface area contributed by atoms with Crippen LogP contribution in [-0.2, 0) is 6.54 Å². The number of halogens is 1. The largest absolute Gasteiger partial charge is 0.497 e. The van der Waals surface area contributed by atoms with Crippen LogP contribution in [0.5, 0.6) is 5.75 Å². The minimum atomic E-state index is -0.137. The second-order valence-electron chi connectivity index (χ2n) is 5.41. The molecule has 0 atom stereocenters. The van der Waals surface area contributed by atoms with E-state index < -0.39 is 0 Å². The SMILES string of the molecule is COc1ccc(Br)c(CN2CCC(C)(C#N)CC2)c1. The zero-order valence-electron chi connectivity index (χ0n) is 11.4. The number of likely N-dealkylation sites (tertiary alicyclic amines) is 1. The van der Waals surface area contributed by atoms with Gasteiger partial charge in [-0.05, 0) is 56.6 Å². The molecule has 0 unspecified atom stereocenters. The summed E-state index contributed by atoms with van der Waals surface area (Å²) in [5.74, 6) is 0.886. The van der Waals surface area contributed by atoms with E-state index in [0.717, 1.165) is 42.7 Å². The lowest BCUT2D eigenvalue weighted by molar-refractivity contribution is 0.150. The van der Waals surface area contributed by atoms with E-state index in [1.54, 1.807) is 7.11 Å². The standard InChI is InChI=1S/C15H19BrN2O/c1-15(11-17)5-7-18(8-6-15)10-12-9-13(19-2)3-4-14(12)16/h3-4,9H,5-8,10H2,1-2H3. The van der Waals surface area contributed by atoms with Crippen molar-refractivity contribution in [3.63, 3.8) is 0 Å². The van der Waals surface area contributed by atoms with Gasteiger partial charge >= 0.3 is 0 Å². The lowest BCUT2D eigenvalue weighted by Gasteiger charge is -2.35. The Bertz CT molecular complexity index is 487. The number of rotatable bonds is 3. The van der Waals surface area contributed by atoms with Crippen molar-refractivity contribution < 1.29 is 4.74 Å². The van der Waals surface area contributed by atoms with Crippen molar-refractivity contribution in [2.45, 2.75) is 26.3 Å². The van der Waals surface area contributed by atoms with Gasteiger partial charge in [0.15, 0.2) is 0 Å². The first-order chi connectivity index (χ1) is 9.06. The van der Waals surface area contributed by atoms with E-state index >= 15 is 0 Å². The molecular weight excluding hydrogens is 304 g/mol. The Morgan fingerprint density at radius 3 is 2.68 bits per heavy atom. The first kappa shape index (κ1) is 14.4. The van der Waals surface area contributed by atoms with E-state index in [0.29, 0.717) is 0 Å². The third-order valence-electron chi connectivity index (χ3n) is 3.88. The molecule has 0 saturated carbocycles. The summed E-state index contributed by atoms with van der Waals surface area (Å²) in [6.07, 6.45) is 1.90. The van der Waals surface area contributed by atoms with Crippen LogP contribution in [0, 0.1) is 16.7 Å². The predicted octanol–water partition coefficient (Wildman–Crippen LogP) is 3.58. The molecule has 0 aliphatic carbocycles. The summed E-state index contributed by atoms with van der Waals surface area (Å²) in [7, 11) is 1.69. The van der Waals surface area contributed by atoms with E-state index in [9.17, 15) is 0 Å². The fourth-order valence-electron chi connectivity index (χ4n) is 2.36. The van der Waals surface area contributed by atoms with Crippen molar-refractivity contribution in [2.24, 2.45) is 5.41 Å². The third kappa shape index (κ3) is 3.49. The molecule has 0 spiro atoms. The Balaban J connectivity index is 2.01. The van der Waals surface area contributed by atoms with Crippen molar-refractivity contribution in [3.05, 3.63) is 28.2 Å². The lowest BCUT2D eigenvalue weighted by Crippen LogP contribution is -2.37. The van der Waals surface area contributed by atoms with Crippen LogP contribution in [0.2, 0.25) is 0 Å². The number of ether oxygens (including phenoxy) is 1. The minimum absolute atomic E-state index is 0.137. The topological polar surface area (TPSA) is 36.3 Å². The van der Waals surface area contributed by atoms with E-state index in [-0.39, 0.29) is 5.41 Å². The quantitative estimate of drug-likeness (QED) is 0.853. The van der Waals surface area contributed by atoms with E-state index in [4.69, 9.17) is 10.00 Å². The highest BCUT2D eigenvalue weighted by Crippen LogP contribution is 2.31. The van der Waals surface area contributed by atoms with Gasteiger partial charge in [-0.3, -0.25) is 4.90 Å². The molecule has 1 aromatic rings. The summed E-state index contributed by atoms with van der Waals surface area (Å²) >= 11 is 3.59. The van der Waals surface area contributed by atoms with Crippen molar-refractivity contribution in [1.29, 1.82) is 5.26 Å². The van der Waals surface area contributed by atoms with Gasteiger partial charge in [-0.2, -0.15) is 5.26 Å². The summed E-state index contributed by atoms with van der Waals surface area (Å²) < 4.78 is 6.38. The molecule has 1 heterocycles. The van der Waals surface area contributed by atoms with Gasteiger partial charge in [-0.25, -0.2) is 0 Å². The number of hydrogen-bond donors (Lipinski definition) is 0. The molecule has 1 aliphatic heterocycles. The molecular formula is C15H19BrN2O. The van der Waals surface area contributed by atoms with Gasteiger partial charge in [0.2, 0.25) is 0 Å². The number of methoxy groups -OCH3 is 1. The van der Waals surface area contributed by atoms with Crippen LogP contribution in [-0.4, -0.2) is 25.1 Å². The number of hydrogen-bond acceptors (Lipinski definition) is 3. The smallest absolute Gasteiger partial charge is 0.119 e. The van der Waals surface area contributed by atoms with Crippen molar-refractivity contribution in [2.75, 3.05) is 20.2 Å². The molecule has 4 heteroatoms. The summed E-state index contributed by atoms with van der Waals surface area (Å²) in [6, 6.07) is 8.49. The van der Waals surface area contributed by atoms with Crippen LogP contribution in [0.15, 0.2) is 22.7 Å². The Morgan fingerprint density at radius 2 is 2.11 bits per heavy atom.